The van der Waals surface area contributed by atoms with Gasteiger partial charge in [-0.05, 0) is 55.0 Å². The van der Waals surface area contributed by atoms with Gasteiger partial charge in [-0.3, -0.25) is 9.59 Å². The first-order valence-electron chi connectivity index (χ1n) is 12.6. The molecule has 1 aliphatic carbocycles. The van der Waals surface area contributed by atoms with Crippen LogP contribution in [0.2, 0.25) is 0 Å². The average molecular weight is 463 g/mol. The Bertz CT molecular complexity index is 1010. The quantitative estimate of drug-likeness (QED) is 0.681. The van der Waals surface area contributed by atoms with Crippen molar-refractivity contribution in [3.63, 3.8) is 0 Å². The number of nitrogens with zero attached hydrogens (tertiary/aromatic N) is 1. The largest absolute Gasteiger partial charge is 0.497 e. The highest BCUT2D eigenvalue weighted by Gasteiger charge is 2.46. The van der Waals surface area contributed by atoms with Gasteiger partial charge in [0.15, 0.2) is 0 Å². The maximum Gasteiger partial charge on any atom is 0.254 e. The molecule has 180 valence electrons. The molecule has 1 saturated heterocycles. The first kappa shape index (κ1) is 22.9. The van der Waals surface area contributed by atoms with Crippen molar-refractivity contribution < 1.29 is 19.1 Å². The zero-order chi connectivity index (χ0) is 23.5. The van der Waals surface area contributed by atoms with E-state index in [9.17, 15) is 9.59 Å². The summed E-state index contributed by atoms with van der Waals surface area (Å²) in [5.41, 5.74) is 2.42. The fourth-order valence-corrected chi connectivity index (χ4v) is 5.88. The summed E-state index contributed by atoms with van der Waals surface area (Å²) in [6.07, 6.45) is 7.45. The Hall–Kier alpha value is -2.86. The van der Waals surface area contributed by atoms with E-state index in [0.717, 1.165) is 62.0 Å². The van der Waals surface area contributed by atoms with Crippen molar-refractivity contribution >= 4 is 11.8 Å². The summed E-state index contributed by atoms with van der Waals surface area (Å²) in [5.74, 6) is 0.268. The molecule has 0 aromatic heterocycles. The van der Waals surface area contributed by atoms with Gasteiger partial charge in [-0.2, -0.15) is 0 Å². The van der Waals surface area contributed by atoms with Crippen molar-refractivity contribution in [3.8, 4) is 5.75 Å². The van der Waals surface area contributed by atoms with E-state index in [4.69, 9.17) is 9.47 Å². The Labute approximate surface area is 201 Å². The molecule has 6 nitrogen and oxygen atoms in total. The molecule has 2 fully saturated rings. The highest BCUT2D eigenvalue weighted by Crippen LogP contribution is 2.46. The maximum absolute atomic E-state index is 13.9. The van der Waals surface area contributed by atoms with Gasteiger partial charge in [-0.15, -0.1) is 0 Å². The summed E-state index contributed by atoms with van der Waals surface area (Å²) in [6.45, 7) is 1.26. The summed E-state index contributed by atoms with van der Waals surface area (Å²) in [6, 6.07) is 15.2. The SMILES string of the molecule is COc1ccc(C2C(C(=O)NCC3CCCO3)c3ccccc3C(=O)N2C2CCCCC2)cc1. The minimum Gasteiger partial charge on any atom is -0.497 e. The molecule has 2 aliphatic heterocycles. The summed E-state index contributed by atoms with van der Waals surface area (Å²) < 4.78 is 11.1. The van der Waals surface area contributed by atoms with Crippen LogP contribution in [0, 0.1) is 0 Å². The Morgan fingerprint density at radius 2 is 1.79 bits per heavy atom. The molecule has 0 spiro atoms. The van der Waals surface area contributed by atoms with Crippen LogP contribution in [0.3, 0.4) is 0 Å². The number of nitrogens with one attached hydrogen (secondary N) is 1. The second-order valence-corrected chi connectivity index (χ2v) is 9.67. The lowest BCUT2D eigenvalue weighted by molar-refractivity contribution is -0.125. The van der Waals surface area contributed by atoms with Crippen molar-refractivity contribution in [1.29, 1.82) is 0 Å². The number of fused-ring (bicyclic) bond motifs is 1. The summed E-state index contributed by atoms with van der Waals surface area (Å²) in [4.78, 5) is 29.8. The minimum atomic E-state index is -0.481. The third kappa shape index (κ3) is 4.43. The molecule has 1 saturated carbocycles. The molecule has 2 amide bonds. The third-order valence-corrected chi connectivity index (χ3v) is 7.61. The van der Waals surface area contributed by atoms with Crippen LogP contribution in [0.5, 0.6) is 5.75 Å². The van der Waals surface area contributed by atoms with Gasteiger partial charge in [-0.25, -0.2) is 0 Å². The Balaban J connectivity index is 1.56. The van der Waals surface area contributed by atoms with Crippen LogP contribution in [0.1, 0.15) is 78.4 Å². The normalized spacial score (nSPS) is 25.1. The van der Waals surface area contributed by atoms with Gasteiger partial charge in [0, 0.05) is 24.8 Å². The first-order valence-corrected chi connectivity index (χ1v) is 12.6. The van der Waals surface area contributed by atoms with Crippen LogP contribution >= 0.6 is 0 Å². The van der Waals surface area contributed by atoms with Crippen LogP contribution in [-0.2, 0) is 9.53 Å². The van der Waals surface area contributed by atoms with E-state index in [1.807, 2.05) is 53.4 Å². The van der Waals surface area contributed by atoms with E-state index in [2.05, 4.69) is 5.32 Å². The second-order valence-electron chi connectivity index (χ2n) is 9.67. The molecule has 2 heterocycles. The van der Waals surface area contributed by atoms with E-state index >= 15 is 0 Å². The average Bonchev–Trinajstić information content (AvgIpc) is 3.41. The number of carbonyl (C=O) groups is 2. The summed E-state index contributed by atoms with van der Waals surface area (Å²) in [5, 5.41) is 3.17. The van der Waals surface area contributed by atoms with E-state index in [0.29, 0.717) is 12.1 Å². The lowest BCUT2D eigenvalue weighted by Crippen LogP contribution is -2.52. The number of rotatable bonds is 6. The molecule has 0 radical (unpaired) electrons. The number of methoxy groups -OCH3 is 1. The number of hydrogen-bond acceptors (Lipinski definition) is 4. The molecule has 6 heteroatoms. The molecule has 2 aromatic rings. The van der Waals surface area contributed by atoms with E-state index < -0.39 is 5.92 Å². The molecule has 0 bridgehead atoms. The Morgan fingerprint density at radius 1 is 1.03 bits per heavy atom. The van der Waals surface area contributed by atoms with E-state index in [1.165, 1.54) is 6.42 Å². The third-order valence-electron chi connectivity index (χ3n) is 7.61. The minimum absolute atomic E-state index is 0.0338. The van der Waals surface area contributed by atoms with Crippen LogP contribution in [0.15, 0.2) is 48.5 Å². The smallest absolute Gasteiger partial charge is 0.254 e. The predicted molar refractivity (Wildman–Crippen MR) is 130 cm³/mol. The van der Waals surface area contributed by atoms with Gasteiger partial charge >= 0.3 is 0 Å². The van der Waals surface area contributed by atoms with Gasteiger partial charge in [0.05, 0.1) is 25.2 Å². The monoisotopic (exact) mass is 462 g/mol. The van der Waals surface area contributed by atoms with E-state index in [1.54, 1.807) is 7.11 Å². The van der Waals surface area contributed by atoms with Gasteiger partial charge in [0.25, 0.3) is 5.91 Å². The maximum atomic E-state index is 13.9. The molecule has 3 atom stereocenters. The van der Waals surface area contributed by atoms with Crippen molar-refractivity contribution in [2.75, 3.05) is 20.3 Å². The fourth-order valence-electron chi connectivity index (χ4n) is 5.88. The standard InChI is InChI=1S/C28H34N2O4/c1-33-21-15-13-19(14-16-21)26-25(27(31)29-18-22-10-7-17-34-22)23-11-5-6-12-24(23)28(32)30(26)20-8-3-2-4-9-20/h5-6,11-16,20,22,25-26H,2-4,7-10,17-18H2,1H3,(H,29,31). The molecule has 34 heavy (non-hydrogen) atoms. The second kappa shape index (κ2) is 10.2. The van der Waals surface area contributed by atoms with Crippen LogP contribution in [0.25, 0.3) is 0 Å². The number of carbonyl (C=O) groups excluding carboxylic acids is 2. The number of amides is 2. The zero-order valence-corrected chi connectivity index (χ0v) is 19.9. The topological polar surface area (TPSA) is 67.9 Å². The number of ether oxygens (including phenoxy) is 2. The molecule has 3 aliphatic rings. The molecular weight excluding hydrogens is 428 g/mol. The molecule has 2 aromatic carbocycles. The summed E-state index contributed by atoms with van der Waals surface area (Å²) >= 11 is 0. The van der Waals surface area contributed by atoms with Gasteiger partial charge in [-0.1, -0.05) is 49.6 Å². The van der Waals surface area contributed by atoms with Crippen molar-refractivity contribution in [2.45, 2.75) is 69.1 Å². The van der Waals surface area contributed by atoms with Gasteiger partial charge in [0.1, 0.15) is 5.75 Å². The van der Waals surface area contributed by atoms with Gasteiger partial charge in [0.2, 0.25) is 5.91 Å². The highest BCUT2D eigenvalue weighted by atomic mass is 16.5. The van der Waals surface area contributed by atoms with Gasteiger partial charge < -0.3 is 19.7 Å². The lowest BCUT2D eigenvalue weighted by atomic mass is 9.77. The highest BCUT2D eigenvalue weighted by molar-refractivity contribution is 6.01. The van der Waals surface area contributed by atoms with Crippen molar-refractivity contribution in [1.82, 2.24) is 10.2 Å². The Kier molecular flexibility index (Phi) is 6.86. The van der Waals surface area contributed by atoms with Crippen LogP contribution in [-0.4, -0.2) is 49.1 Å². The summed E-state index contributed by atoms with van der Waals surface area (Å²) in [7, 11) is 1.64. The number of hydrogen-bond donors (Lipinski definition) is 1. The molecule has 5 rings (SSSR count). The first-order chi connectivity index (χ1) is 16.7. The number of benzene rings is 2. The molecule has 3 unspecified atom stereocenters. The zero-order valence-electron chi connectivity index (χ0n) is 19.9. The predicted octanol–water partition coefficient (Wildman–Crippen LogP) is 4.60. The van der Waals surface area contributed by atoms with Crippen molar-refractivity contribution in [2.24, 2.45) is 0 Å². The Morgan fingerprint density at radius 3 is 2.50 bits per heavy atom. The fraction of sp³-hybridized carbons (Fsp3) is 0.500. The molecular formula is C28H34N2O4. The van der Waals surface area contributed by atoms with Crippen LogP contribution < -0.4 is 10.1 Å². The lowest BCUT2D eigenvalue weighted by Gasteiger charge is -2.46. The van der Waals surface area contributed by atoms with Crippen molar-refractivity contribution in [3.05, 3.63) is 65.2 Å². The van der Waals surface area contributed by atoms with Crippen LogP contribution in [0.4, 0.5) is 0 Å². The molecule has 1 N–H and O–H groups in total. The van der Waals surface area contributed by atoms with E-state index in [-0.39, 0.29) is 30.0 Å².